The highest BCUT2D eigenvalue weighted by Crippen LogP contribution is 2.43. The van der Waals surface area contributed by atoms with E-state index in [1.54, 1.807) is 0 Å². The molecule has 2 aromatic heterocycles. The van der Waals surface area contributed by atoms with Crippen LogP contribution in [0, 0.1) is 0 Å². The number of furan rings is 1. The zero-order chi connectivity index (χ0) is 36.3. The van der Waals surface area contributed by atoms with Gasteiger partial charge in [-0.1, -0.05) is 140 Å². The molecule has 0 saturated heterocycles. The predicted molar refractivity (Wildman–Crippen MR) is 235 cm³/mol. The molecule has 0 bridgehead atoms. The molecule has 0 radical (unpaired) electrons. The molecule has 0 fully saturated rings. The number of fused-ring (bicyclic) bond motifs is 7. The van der Waals surface area contributed by atoms with Crippen molar-refractivity contribution in [2.24, 2.45) is 0 Å². The summed E-state index contributed by atoms with van der Waals surface area (Å²) in [5.74, 6) is 0. The highest BCUT2D eigenvalue weighted by Gasteiger charge is 2.17. The Labute approximate surface area is 322 Å². The van der Waals surface area contributed by atoms with E-state index < -0.39 is 0 Å². The minimum absolute atomic E-state index is 0.904. The normalized spacial score (nSPS) is 11.6. The van der Waals surface area contributed by atoms with Gasteiger partial charge in [-0.3, -0.25) is 0 Å². The lowest BCUT2D eigenvalue weighted by Crippen LogP contribution is -2.10. The van der Waals surface area contributed by atoms with Gasteiger partial charge in [-0.2, -0.15) is 0 Å². The molecule has 2 nitrogen and oxygen atoms in total. The van der Waals surface area contributed by atoms with Gasteiger partial charge in [0.2, 0.25) is 0 Å². The van der Waals surface area contributed by atoms with Crippen LogP contribution in [0.4, 0.5) is 17.1 Å². The molecule has 0 amide bonds. The summed E-state index contributed by atoms with van der Waals surface area (Å²) in [4.78, 5) is 2.37. The molecule has 0 N–H and O–H groups in total. The third-order valence-corrected chi connectivity index (χ3v) is 12.1. The van der Waals surface area contributed by atoms with Crippen molar-refractivity contribution in [2.45, 2.75) is 0 Å². The second kappa shape index (κ2) is 12.9. The summed E-state index contributed by atoms with van der Waals surface area (Å²) in [5.41, 5.74) is 12.3. The molecule has 258 valence electrons. The van der Waals surface area contributed by atoms with Crippen LogP contribution in [-0.4, -0.2) is 0 Å². The molecule has 0 aliphatic rings. The summed E-state index contributed by atoms with van der Waals surface area (Å²) in [6.07, 6.45) is 0. The standard InChI is InChI=1S/C52H33NOS/c1-2-14-42-35(10-1)11-8-17-43(42)38-12-7-13-41(32-38)53(39-27-22-34(23-28-39)37-26-31-46-45-15-3-5-20-49(45)54-50(46)33-37)40-29-24-36(25-30-40)44-18-9-19-48-47-16-4-6-21-51(47)55-52(44)48/h1-33H. The first-order valence-electron chi connectivity index (χ1n) is 18.7. The number of anilines is 3. The topological polar surface area (TPSA) is 16.4 Å². The van der Waals surface area contributed by atoms with Crippen LogP contribution in [0.15, 0.2) is 205 Å². The molecule has 55 heavy (non-hydrogen) atoms. The summed E-state index contributed by atoms with van der Waals surface area (Å²) in [7, 11) is 0. The summed E-state index contributed by atoms with van der Waals surface area (Å²) in [5, 5.41) is 7.41. The van der Waals surface area contributed by atoms with E-state index in [4.69, 9.17) is 4.42 Å². The Morgan fingerprint density at radius 3 is 1.82 bits per heavy atom. The first kappa shape index (κ1) is 31.6. The first-order chi connectivity index (χ1) is 27.2. The summed E-state index contributed by atoms with van der Waals surface area (Å²) in [6, 6.07) is 72.2. The fourth-order valence-electron chi connectivity index (χ4n) is 8.21. The number of rotatable bonds is 6. The highest BCUT2D eigenvalue weighted by atomic mass is 32.1. The van der Waals surface area contributed by atoms with Crippen LogP contribution in [0.1, 0.15) is 0 Å². The molecule has 0 aliphatic heterocycles. The molecule has 0 saturated carbocycles. The monoisotopic (exact) mass is 719 g/mol. The molecule has 11 rings (SSSR count). The van der Waals surface area contributed by atoms with Crippen molar-refractivity contribution < 1.29 is 4.42 Å². The Morgan fingerprint density at radius 1 is 0.345 bits per heavy atom. The Bertz CT molecular complexity index is 3200. The Morgan fingerprint density at radius 2 is 0.964 bits per heavy atom. The van der Waals surface area contributed by atoms with Gasteiger partial charge in [0.25, 0.3) is 0 Å². The summed E-state index contributed by atoms with van der Waals surface area (Å²) >= 11 is 1.87. The van der Waals surface area contributed by atoms with Crippen molar-refractivity contribution >= 4 is 81.3 Å². The highest BCUT2D eigenvalue weighted by molar-refractivity contribution is 7.26. The molecular weight excluding hydrogens is 687 g/mol. The fraction of sp³-hybridized carbons (Fsp3) is 0. The molecule has 11 aromatic rings. The van der Waals surface area contributed by atoms with Gasteiger partial charge in [0.15, 0.2) is 0 Å². The largest absolute Gasteiger partial charge is 0.456 e. The molecule has 0 unspecified atom stereocenters. The third kappa shape index (κ3) is 5.40. The van der Waals surface area contributed by atoms with Crippen molar-refractivity contribution in [1.82, 2.24) is 0 Å². The van der Waals surface area contributed by atoms with E-state index in [0.29, 0.717) is 0 Å². The number of hydrogen-bond acceptors (Lipinski definition) is 3. The molecule has 0 atom stereocenters. The van der Waals surface area contributed by atoms with Crippen LogP contribution in [0.3, 0.4) is 0 Å². The van der Waals surface area contributed by atoms with Crippen LogP contribution >= 0.6 is 11.3 Å². The van der Waals surface area contributed by atoms with Gasteiger partial charge >= 0.3 is 0 Å². The number of nitrogens with zero attached hydrogens (tertiary/aromatic N) is 1. The Balaban J connectivity index is 1.01. The predicted octanol–water partition coefficient (Wildman–Crippen LogP) is 15.6. The van der Waals surface area contributed by atoms with Gasteiger partial charge < -0.3 is 9.32 Å². The van der Waals surface area contributed by atoms with E-state index in [0.717, 1.165) is 50.1 Å². The smallest absolute Gasteiger partial charge is 0.136 e. The maximum Gasteiger partial charge on any atom is 0.136 e. The third-order valence-electron chi connectivity index (χ3n) is 10.9. The van der Waals surface area contributed by atoms with Gasteiger partial charge in [-0.25, -0.2) is 0 Å². The van der Waals surface area contributed by atoms with E-state index in [1.165, 1.54) is 53.2 Å². The van der Waals surface area contributed by atoms with E-state index >= 15 is 0 Å². The van der Waals surface area contributed by atoms with Crippen molar-refractivity contribution in [3.05, 3.63) is 200 Å². The fourth-order valence-corrected chi connectivity index (χ4v) is 9.45. The maximum atomic E-state index is 6.24. The molecule has 0 aliphatic carbocycles. The van der Waals surface area contributed by atoms with Crippen LogP contribution in [0.25, 0.3) is 86.3 Å². The van der Waals surface area contributed by atoms with E-state index in [2.05, 4.69) is 193 Å². The molecule has 2 heterocycles. The minimum Gasteiger partial charge on any atom is -0.456 e. The van der Waals surface area contributed by atoms with E-state index in [-0.39, 0.29) is 0 Å². The molecule has 9 aromatic carbocycles. The van der Waals surface area contributed by atoms with Crippen molar-refractivity contribution in [1.29, 1.82) is 0 Å². The van der Waals surface area contributed by atoms with Crippen LogP contribution < -0.4 is 4.90 Å². The van der Waals surface area contributed by atoms with Crippen molar-refractivity contribution in [3.8, 4) is 33.4 Å². The molecular formula is C52H33NOS. The second-order valence-electron chi connectivity index (χ2n) is 14.1. The minimum atomic E-state index is 0.904. The Kier molecular flexibility index (Phi) is 7.39. The van der Waals surface area contributed by atoms with Gasteiger partial charge in [0.05, 0.1) is 0 Å². The maximum absolute atomic E-state index is 6.24. The summed E-state index contributed by atoms with van der Waals surface area (Å²) in [6.45, 7) is 0. The van der Waals surface area contributed by atoms with Gasteiger partial charge in [-0.05, 0) is 105 Å². The van der Waals surface area contributed by atoms with Gasteiger partial charge in [-0.15, -0.1) is 11.3 Å². The second-order valence-corrected chi connectivity index (χ2v) is 15.1. The molecule has 0 spiro atoms. The van der Waals surface area contributed by atoms with Crippen molar-refractivity contribution in [3.63, 3.8) is 0 Å². The zero-order valence-electron chi connectivity index (χ0n) is 29.8. The van der Waals surface area contributed by atoms with E-state index in [9.17, 15) is 0 Å². The number of benzene rings is 9. The average molecular weight is 720 g/mol. The summed E-state index contributed by atoms with van der Waals surface area (Å²) < 4.78 is 8.89. The quantitative estimate of drug-likeness (QED) is 0.170. The zero-order valence-corrected chi connectivity index (χ0v) is 30.6. The lowest BCUT2D eigenvalue weighted by Gasteiger charge is -2.26. The van der Waals surface area contributed by atoms with Crippen LogP contribution in [0.5, 0.6) is 0 Å². The van der Waals surface area contributed by atoms with Crippen molar-refractivity contribution in [2.75, 3.05) is 4.90 Å². The lowest BCUT2D eigenvalue weighted by molar-refractivity contribution is 0.669. The van der Waals surface area contributed by atoms with Crippen LogP contribution in [-0.2, 0) is 0 Å². The first-order valence-corrected chi connectivity index (χ1v) is 19.5. The van der Waals surface area contributed by atoms with Crippen LogP contribution in [0.2, 0.25) is 0 Å². The van der Waals surface area contributed by atoms with E-state index in [1.807, 2.05) is 23.5 Å². The molecule has 3 heteroatoms. The van der Waals surface area contributed by atoms with Gasteiger partial charge in [0, 0.05) is 48.0 Å². The number of thiophene rings is 1. The SMILES string of the molecule is c1cc(-c2cccc3ccccc23)cc(N(c2ccc(-c3ccc4c(c3)oc3ccccc34)cc2)c2ccc(-c3cccc4c3sc3ccccc34)cc2)c1. The number of para-hydroxylation sites is 1. The Hall–Kier alpha value is -6.94. The number of hydrogen-bond donors (Lipinski definition) is 0. The van der Waals surface area contributed by atoms with Gasteiger partial charge in [0.1, 0.15) is 11.2 Å². The lowest BCUT2D eigenvalue weighted by atomic mass is 9.97. The average Bonchev–Trinajstić information content (AvgIpc) is 3.82.